The molecule has 7 nitrogen and oxygen atoms in total. The molecule has 0 radical (unpaired) electrons. The zero-order valence-corrected chi connectivity index (χ0v) is 14.0. The van der Waals surface area contributed by atoms with Crippen LogP contribution in [0.2, 0.25) is 0 Å². The lowest BCUT2D eigenvalue weighted by molar-refractivity contribution is 0.230. The van der Waals surface area contributed by atoms with Gasteiger partial charge in [0, 0.05) is 25.2 Å². The Balaban J connectivity index is 1.44. The maximum Gasteiger partial charge on any atom is 0.315 e. The number of amides is 2. The summed E-state index contributed by atoms with van der Waals surface area (Å²) >= 11 is 0. The Bertz CT molecular complexity index is 673. The highest BCUT2D eigenvalue weighted by atomic mass is 16.5. The minimum atomic E-state index is -0.204. The Morgan fingerprint density at radius 1 is 1.42 bits per heavy atom. The Morgan fingerprint density at radius 2 is 2.21 bits per heavy atom. The van der Waals surface area contributed by atoms with Gasteiger partial charge in [0.25, 0.3) is 0 Å². The molecule has 1 aliphatic heterocycles. The van der Waals surface area contributed by atoms with Crippen LogP contribution in [0.4, 0.5) is 4.79 Å². The fourth-order valence-electron chi connectivity index (χ4n) is 3.00. The summed E-state index contributed by atoms with van der Waals surface area (Å²) in [4.78, 5) is 18.4. The van der Waals surface area contributed by atoms with E-state index in [9.17, 15) is 4.79 Å². The van der Waals surface area contributed by atoms with Crippen molar-refractivity contribution in [3.63, 3.8) is 0 Å². The number of hydrogen-bond acceptors (Lipinski definition) is 5. The molecule has 0 spiro atoms. The molecule has 24 heavy (non-hydrogen) atoms. The first-order valence-corrected chi connectivity index (χ1v) is 8.24. The molecule has 2 atom stereocenters. The number of aromatic nitrogens is 2. The van der Waals surface area contributed by atoms with Crippen molar-refractivity contribution in [1.29, 1.82) is 0 Å². The van der Waals surface area contributed by atoms with Crippen LogP contribution in [0.1, 0.15) is 36.7 Å². The third-order valence-electron chi connectivity index (χ3n) is 4.35. The molecule has 3 rings (SSSR count). The van der Waals surface area contributed by atoms with Crippen molar-refractivity contribution in [1.82, 2.24) is 25.7 Å². The summed E-state index contributed by atoms with van der Waals surface area (Å²) < 4.78 is 4.97. The predicted octanol–water partition coefficient (Wildman–Crippen LogP) is 2.01. The normalized spacial score (nSPS) is 19.2. The quantitative estimate of drug-likeness (QED) is 0.877. The van der Waals surface area contributed by atoms with E-state index in [0.717, 1.165) is 19.5 Å². The number of carbonyl (C=O) groups excluding carboxylic acids is 1. The van der Waals surface area contributed by atoms with Gasteiger partial charge in [-0.3, -0.25) is 4.90 Å². The van der Waals surface area contributed by atoms with Crippen LogP contribution in [0.3, 0.4) is 0 Å². The van der Waals surface area contributed by atoms with Crippen LogP contribution in [0.15, 0.2) is 34.9 Å². The molecule has 128 valence electrons. The molecule has 2 aromatic rings. The summed E-state index contributed by atoms with van der Waals surface area (Å²) in [5.41, 5.74) is 1.30. The molecule has 2 unspecified atom stereocenters. The summed E-state index contributed by atoms with van der Waals surface area (Å²) in [5, 5.41) is 9.45. The van der Waals surface area contributed by atoms with Gasteiger partial charge in [0.2, 0.25) is 5.89 Å². The average molecular weight is 329 g/mol. The topological polar surface area (TPSA) is 83.3 Å². The van der Waals surface area contributed by atoms with E-state index >= 15 is 0 Å². The summed E-state index contributed by atoms with van der Waals surface area (Å²) in [6, 6.07) is 10.7. The standard InChI is InChI=1S/C17H23N5O2/c1-12(14-6-4-3-5-7-14)22-9-8-15(11-22)20-17(23)18-10-16-19-13(2)21-24-16/h3-7,12,15H,8-11H2,1-2H3,(H2,18,20,23). The van der Waals surface area contributed by atoms with E-state index in [0.29, 0.717) is 17.8 Å². The van der Waals surface area contributed by atoms with Gasteiger partial charge < -0.3 is 15.2 Å². The van der Waals surface area contributed by atoms with Crippen LogP contribution in [0, 0.1) is 6.92 Å². The highest BCUT2D eigenvalue weighted by Crippen LogP contribution is 2.24. The third kappa shape index (κ3) is 4.11. The fourth-order valence-corrected chi connectivity index (χ4v) is 3.00. The van der Waals surface area contributed by atoms with Gasteiger partial charge in [-0.05, 0) is 25.8 Å². The monoisotopic (exact) mass is 329 g/mol. The van der Waals surface area contributed by atoms with Crippen LogP contribution >= 0.6 is 0 Å². The lowest BCUT2D eigenvalue weighted by Crippen LogP contribution is -2.43. The molecular formula is C17H23N5O2. The average Bonchev–Trinajstić information content (AvgIpc) is 3.22. The minimum absolute atomic E-state index is 0.153. The smallest absolute Gasteiger partial charge is 0.315 e. The van der Waals surface area contributed by atoms with Crippen LogP contribution in [-0.2, 0) is 6.54 Å². The first-order valence-electron chi connectivity index (χ1n) is 8.24. The number of aryl methyl sites for hydroxylation is 1. The van der Waals surface area contributed by atoms with Gasteiger partial charge >= 0.3 is 6.03 Å². The van der Waals surface area contributed by atoms with E-state index < -0.39 is 0 Å². The van der Waals surface area contributed by atoms with Gasteiger partial charge in [0.15, 0.2) is 5.82 Å². The van der Waals surface area contributed by atoms with Crippen molar-refractivity contribution in [2.75, 3.05) is 13.1 Å². The van der Waals surface area contributed by atoms with E-state index in [2.05, 4.69) is 56.9 Å². The molecule has 2 N–H and O–H groups in total. The Labute approximate surface area is 141 Å². The largest absolute Gasteiger partial charge is 0.337 e. The van der Waals surface area contributed by atoms with Crippen molar-refractivity contribution in [2.45, 2.75) is 38.9 Å². The molecule has 1 aromatic heterocycles. The van der Waals surface area contributed by atoms with E-state index in [1.54, 1.807) is 6.92 Å². The number of hydrogen-bond donors (Lipinski definition) is 2. The molecule has 0 aliphatic carbocycles. The van der Waals surface area contributed by atoms with Gasteiger partial charge in [0.05, 0.1) is 6.54 Å². The van der Waals surface area contributed by atoms with Gasteiger partial charge in [-0.25, -0.2) is 4.79 Å². The molecule has 2 heterocycles. The highest BCUT2D eigenvalue weighted by Gasteiger charge is 2.27. The lowest BCUT2D eigenvalue weighted by atomic mass is 10.1. The lowest BCUT2D eigenvalue weighted by Gasteiger charge is -2.24. The van der Waals surface area contributed by atoms with E-state index in [4.69, 9.17) is 4.52 Å². The van der Waals surface area contributed by atoms with Crippen LogP contribution in [0.5, 0.6) is 0 Å². The number of likely N-dealkylation sites (tertiary alicyclic amines) is 1. The van der Waals surface area contributed by atoms with E-state index in [1.165, 1.54) is 5.56 Å². The maximum absolute atomic E-state index is 12.0. The SMILES string of the molecule is Cc1noc(CNC(=O)NC2CCN(C(C)c3ccccc3)C2)n1. The molecule has 0 saturated carbocycles. The highest BCUT2D eigenvalue weighted by molar-refractivity contribution is 5.74. The van der Waals surface area contributed by atoms with E-state index in [1.807, 2.05) is 6.07 Å². The van der Waals surface area contributed by atoms with Crippen molar-refractivity contribution >= 4 is 6.03 Å². The predicted molar refractivity (Wildman–Crippen MR) is 89.2 cm³/mol. The Morgan fingerprint density at radius 3 is 2.92 bits per heavy atom. The molecule has 2 amide bonds. The number of benzene rings is 1. The van der Waals surface area contributed by atoms with Gasteiger partial charge in [0.1, 0.15) is 0 Å². The molecule has 1 saturated heterocycles. The zero-order chi connectivity index (χ0) is 16.9. The fraction of sp³-hybridized carbons (Fsp3) is 0.471. The van der Waals surface area contributed by atoms with Crippen molar-refractivity contribution in [2.24, 2.45) is 0 Å². The van der Waals surface area contributed by atoms with Gasteiger partial charge in [-0.15, -0.1) is 0 Å². The van der Waals surface area contributed by atoms with Crippen molar-refractivity contribution in [3.8, 4) is 0 Å². The summed E-state index contributed by atoms with van der Waals surface area (Å²) in [5.74, 6) is 0.974. The maximum atomic E-state index is 12.0. The molecule has 1 aliphatic rings. The second-order valence-electron chi connectivity index (χ2n) is 6.13. The Hall–Kier alpha value is -2.41. The Kier molecular flexibility index (Phi) is 5.10. The van der Waals surface area contributed by atoms with Gasteiger partial charge in [-0.1, -0.05) is 35.5 Å². The van der Waals surface area contributed by atoms with Crippen molar-refractivity contribution in [3.05, 3.63) is 47.6 Å². The molecule has 0 bridgehead atoms. The first kappa shape index (κ1) is 16.4. The van der Waals surface area contributed by atoms with Crippen molar-refractivity contribution < 1.29 is 9.32 Å². The summed E-state index contributed by atoms with van der Waals surface area (Å²) in [6.07, 6.45) is 0.949. The third-order valence-corrected chi connectivity index (χ3v) is 4.35. The molecular weight excluding hydrogens is 306 g/mol. The molecule has 1 aromatic carbocycles. The van der Waals surface area contributed by atoms with Gasteiger partial charge in [-0.2, -0.15) is 4.98 Å². The van der Waals surface area contributed by atoms with E-state index in [-0.39, 0.29) is 18.6 Å². The van der Waals surface area contributed by atoms with Crippen LogP contribution < -0.4 is 10.6 Å². The molecule has 1 fully saturated rings. The summed E-state index contributed by atoms with van der Waals surface area (Å²) in [6.45, 7) is 6.01. The second kappa shape index (κ2) is 7.44. The first-order chi connectivity index (χ1) is 11.6. The minimum Gasteiger partial charge on any atom is -0.337 e. The van der Waals surface area contributed by atoms with Crippen LogP contribution in [0.25, 0.3) is 0 Å². The number of rotatable bonds is 5. The molecule has 7 heteroatoms. The second-order valence-corrected chi connectivity index (χ2v) is 6.13. The zero-order valence-electron chi connectivity index (χ0n) is 14.0. The number of urea groups is 1. The number of carbonyl (C=O) groups is 1. The summed E-state index contributed by atoms with van der Waals surface area (Å²) in [7, 11) is 0. The van der Waals surface area contributed by atoms with Crippen LogP contribution in [-0.4, -0.2) is 40.2 Å². The number of nitrogens with one attached hydrogen (secondary N) is 2. The number of nitrogens with zero attached hydrogens (tertiary/aromatic N) is 3.